The van der Waals surface area contributed by atoms with Crippen LogP contribution in [0.3, 0.4) is 0 Å². The fourth-order valence-corrected chi connectivity index (χ4v) is 2.62. The Hall–Kier alpha value is -1.69. The summed E-state index contributed by atoms with van der Waals surface area (Å²) in [6, 6.07) is 3.39. The molecule has 0 spiro atoms. The molecule has 0 bridgehead atoms. The maximum absolute atomic E-state index is 12.2. The predicted octanol–water partition coefficient (Wildman–Crippen LogP) is 1.29. The van der Waals surface area contributed by atoms with Crippen molar-refractivity contribution in [3.8, 4) is 0 Å². The van der Waals surface area contributed by atoms with Crippen LogP contribution in [0.4, 0.5) is 5.82 Å². The molecule has 2 N–H and O–H groups in total. The molecule has 0 atom stereocenters. The van der Waals surface area contributed by atoms with Crippen molar-refractivity contribution >= 4 is 11.7 Å². The average molecular weight is 278 g/mol. The molecule has 1 aliphatic rings. The van der Waals surface area contributed by atoms with Crippen LogP contribution >= 0.6 is 0 Å². The molecular weight excluding hydrogens is 256 g/mol. The first kappa shape index (κ1) is 14.7. The molecular formula is C14H22N4O2. The minimum Gasteiger partial charge on any atom is -0.388 e. The number of anilines is 1. The molecule has 0 aromatic carbocycles. The van der Waals surface area contributed by atoms with Gasteiger partial charge >= 0.3 is 0 Å². The van der Waals surface area contributed by atoms with E-state index in [1.54, 1.807) is 19.2 Å². The van der Waals surface area contributed by atoms with Gasteiger partial charge < -0.3 is 15.3 Å². The van der Waals surface area contributed by atoms with Crippen LogP contribution in [0, 0.1) is 0 Å². The van der Waals surface area contributed by atoms with Crippen LogP contribution in [0.1, 0.15) is 43.1 Å². The summed E-state index contributed by atoms with van der Waals surface area (Å²) in [4.78, 5) is 13.8. The normalized spacial score (nSPS) is 16.9. The summed E-state index contributed by atoms with van der Waals surface area (Å²) in [6.45, 7) is 3.08. The van der Waals surface area contributed by atoms with Crippen LogP contribution < -0.4 is 5.32 Å². The highest BCUT2D eigenvalue weighted by atomic mass is 16.3. The Morgan fingerprint density at radius 2 is 2.10 bits per heavy atom. The number of amides is 1. The molecule has 1 amide bonds. The van der Waals surface area contributed by atoms with Gasteiger partial charge in [-0.2, -0.15) is 0 Å². The van der Waals surface area contributed by atoms with Gasteiger partial charge in [0.05, 0.1) is 5.60 Å². The predicted molar refractivity (Wildman–Crippen MR) is 76.6 cm³/mol. The van der Waals surface area contributed by atoms with E-state index in [1.807, 2.05) is 6.92 Å². The quantitative estimate of drug-likeness (QED) is 0.848. The van der Waals surface area contributed by atoms with Gasteiger partial charge in [0.25, 0.3) is 5.91 Å². The monoisotopic (exact) mass is 278 g/mol. The third kappa shape index (κ3) is 3.45. The number of carbonyl (C=O) groups is 1. The van der Waals surface area contributed by atoms with Crippen molar-refractivity contribution in [2.24, 2.45) is 0 Å². The lowest BCUT2D eigenvalue weighted by Gasteiger charge is -2.28. The molecule has 1 heterocycles. The highest BCUT2D eigenvalue weighted by molar-refractivity contribution is 5.92. The summed E-state index contributed by atoms with van der Waals surface area (Å²) in [5.41, 5.74) is -0.433. The topological polar surface area (TPSA) is 78.4 Å². The number of likely N-dealkylation sites (N-methyl/N-ethyl adjacent to an activating group) is 1. The number of hydrogen-bond donors (Lipinski definition) is 2. The first-order valence-electron chi connectivity index (χ1n) is 7.09. The Morgan fingerprint density at radius 1 is 1.40 bits per heavy atom. The summed E-state index contributed by atoms with van der Waals surface area (Å²) < 4.78 is 0. The lowest BCUT2D eigenvalue weighted by molar-refractivity contribution is 0.0154. The lowest BCUT2D eigenvalue weighted by atomic mass is 10.0. The Labute approximate surface area is 119 Å². The molecule has 110 valence electrons. The van der Waals surface area contributed by atoms with E-state index in [9.17, 15) is 9.90 Å². The van der Waals surface area contributed by atoms with Gasteiger partial charge in [0, 0.05) is 20.1 Å². The number of aromatic nitrogens is 2. The summed E-state index contributed by atoms with van der Waals surface area (Å²) in [5, 5.41) is 21.2. The maximum atomic E-state index is 12.2. The van der Waals surface area contributed by atoms with E-state index >= 15 is 0 Å². The van der Waals surface area contributed by atoms with Crippen molar-refractivity contribution in [2.75, 3.05) is 25.5 Å². The van der Waals surface area contributed by atoms with Crippen LogP contribution in [-0.4, -0.2) is 51.8 Å². The van der Waals surface area contributed by atoms with E-state index in [2.05, 4.69) is 15.5 Å². The Morgan fingerprint density at radius 3 is 2.65 bits per heavy atom. The van der Waals surface area contributed by atoms with Crippen molar-refractivity contribution in [1.29, 1.82) is 0 Å². The molecule has 1 saturated carbocycles. The number of carbonyl (C=O) groups excluding carboxylic acids is 1. The minimum absolute atomic E-state index is 0.208. The molecule has 0 radical (unpaired) electrons. The fourth-order valence-electron chi connectivity index (χ4n) is 2.62. The molecule has 6 nitrogen and oxygen atoms in total. The maximum Gasteiger partial charge on any atom is 0.274 e. The molecule has 0 aliphatic heterocycles. The number of nitrogens with zero attached hydrogens (tertiary/aromatic N) is 3. The van der Waals surface area contributed by atoms with Gasteiger partial charge in [-0.3, -0.25) is 4.79 Å². The Kier molecular flexibility index (Phi) is 4.54. The van der Waals surface area contributed by atoms with Crippen molar-refractivity contribution in [1.82, 2.24) is 15.1 Å². The third-order valence-electron chi connectivity index (χ3n) is 3.65. The van der Waals surface area contributed by atoms with Crippen molar-refractivity contribution < 1.29 is 9.90 Å². The third-order valence-corrected chi connectivity index (χ3v) is 3.65. The molecule has 2 rings (SSSR count). The zero-order chi connectivity index (χ0) is 14.6. The fraction of sp³-hybridized carbons (Fsp3) is 0.643. The molecule has 1 fully saturated rings. The van der Waals surface area contributed by atoms with E-state index in [1.165, 1.54) is 4.90 Å². The van der Waals surface area contributed by atoms with E-state index in [0.29, 0.717) is 18.1 Å². The summed E-state index contributed by atoms with van der Waals surface area (Å²) in [5.74, 6) is 0.446. The molecule has 6 heteroatoms. The zero-order valence-electron chi connectivity index (χ0n) is 12.1. The first-order chi connectivity index (χ1) is 9.54. The number of hydrogen-bond acceptors (Lipinski definition) is 5. The average Bonchev–Trinajstić information content (AvgIpc) is 2.85. The van der Waals surface area contributed by atoms with Crippen molar-refractivity contribution in [3.05, 3.63) is 17.8 Å². The second-order valence-corrected chi connectivity index (χ2v) is 5.43. The van der Waals surface area contributed by atoms with Gasteiger partial charge in [0.15, 0.2) is 5.69 Å². The number of rotatable bonds is 5. The standard InChI is InChI=1S/C14H22N4O2/c1-3-15-12-7-6-11(16-17-12)13(19)18(2)10-14(20)8-4-5-9-14/h6-7,20H,3-5,8-10H2,1-2H3,(H,15,17). The highest BCUT2D eigenvalue weighted by Crippen LogP contribution is 2.30. The van der Waals surface area contributed by atoms with Crippen LogP contribution in [0.15, 0.2) is 12.1 Å². The van der Waals surface area contributed by atoms with E-state index in [4.69, 9.17) is 0 Å². The van der Waals surface area contributed by atoms with Crippen molar-refractivity contribution in [2.45, 2.75) is 38.2 Å². The minimum atomic E-state index is -0.735. The largest absolute Gasteiger partial charge is 0.388 e. The molecule has 1 aromatic rings. The SMILES string of the molecule is CCNc1ccc(C(=O)N(C)CC2(O)CCCC2)nn1. The molecule has 0 unspecified atom stereocenters. The lowest BCUT2D eigenvalue weighted by Crippen LogP contribution is -2.42. The summed E-state index contributed by atoms with van der Waals surface area (Å²) in [6.07, 6.45) is 3.57. The van der Waals surface area contributed by atoms with Crippen LogP contribution in [0.5, 0.6) is 0 Å². The van der Waals surface area contributed by atoms with E-state index < -0.39 is 5.60 Å². The zero-order valence-corrected chi connectivity index (χ0v) is 12.1. The van der Waals surface area contributed by atoms with E-state index in [-0.39, 0.29) is 5.91 Å². The summed E-state index contributed by atoms with van der Waals surface area (Å²) in [7, 11) is 1.69. The van der Waals surface area contributed by atoms with Crippen LogP contribution in [-0.2, 0) is 0 Å². The summed E-state index contributed by atoms with van der Waals surface area (Å²) >= 11 is 0. The number of aliphatic hydroxyl groups is 1. The van der Waals surface area contributed by atoms with Crippen LogP contribution in [0.2, 0.25) is 0 Å². The second-order valence-electron chi connectivity index (χ2n) is 5.43. The molecule has 20 heavy (non-hydrogen) atoms. The second kappa shape index (κ2) is 6.17. The Bertz CT molecular complexity index is 455. The molecule has 0 saturated heterocycles. The van der Waals surface area contributed by atoms with Gasteiger partial charge in [-0.05, 0) is 31.9 Å². The molecule has 1 aliphatic carbocycles. The van der Waals surface area contributed by atoms with E-state index in [0.717, 1.165) is 32.2 Å². The molecule has 1 aromatic heterocycles. The highest BCUT2D eigenvalue weighted by Gasteiger charge is 2.33. The van der Waals surface area contributed by atoms with Gasteiger partial charge in [-0.15, -0.1) is 10.2 Å². The van der Waals surface area contributed by atoms with Crippen molar-refractivity contribution in [3.63, 3.8) is 0 Å². The number of nitrogens with one attached hydrogen (secondary N) is 1. The first-order valence-corrected chi connectivity index (χ1v) is 7.09. The van der Waals surface area contributed by atoms with Gasteiger partial charge in [0.1, 0.15) is 5.82 Å². The Balaban J connectivity index is 1.99. The van der Waals surface area contributed by atoms with Crippen LogP contribution in [0.25, 0.3) is 0 Å². The van der Waals surface area contributed by atoms with Gasteiger partial charge in [-0.25, -0.2) is 0 Å². The van der Waals surface area contributed by atoms with Gasteiger partial charge in [-0.1, -0.05) is 12.8 Å². The van der Waals surface area contributed by atoms with Gasteiger partial charge in [0.2, 0.25) is 0 Å². The smallest absolute Gasteiger partial charge is 0.274 e.